The average molecular weight is 417 g/mol. The number of carbonyl (C=O) groups is 1. The fraction of sp³-hybridized carbons (Fsp3) is 0.538. The van der Waals surface area contributed by atoms with Gasteiger partial charge in [-0.3, -0.25) is 18.4 Å². The van der Waals surface area contributed by atoms with Crippen LogP contribution in [0.25, 0.3) is 11.2 Å². The standard InChI is InChI=1S/C13H16N5O7PS/c1-6(19)22-5-27-26(21)23-2-7-10(25-26)9(20)13(24-7)18-4-17-8-11(14)15-3-16-12(8)18/h3-4,7,9-10,13,20H,2,5H2,1H3,(H2,14,15,16). The Hall–Kier alpha value is -1.76. The van der Waals surface area contributed by atoms with Crippen LogP contribution in [0.5, 0.6) is 0 Å². The fourth-order valence-corrected chi connectivity index (χ4v) is 5.72. The molecule has 27 heavy (non-hydrogen) atoms. The van der Waals surface area contributed by atoms with Crippen molar-refractivity contribution in [3.63, 3.8) is 0 Å². The molecule has 0 amide bonds. The number of aliphatic hydroxyl groups is 1. The van der Waals surface area contributed by atoms with E-state index in [0.29, 0.717) is 11.2 Å². The minimum Gasteiger partial charge on any atom is -0.454 e. The second kappa shape index (κ2) is 7.00. The predicted molar refractivity (Wildman–Crippen MR) is 92.3 cm³/mol. The summed E-state index contributed by atoms with van der Waals surface area (Å²) in [6.07, 6.45) is -0.863. The van der Waals surface area contributed by atoms with E-state index in [-0.39, 0.29) is 18.4 Å². The minimum atomic E-state index is -3.61. The molecule has 12 nitrogen and oxygen atoms in total. The summed E-state index contributed by atoms with van der Waals surface area (Å²) in [5, 5.41) is 10.7. The number of anilines is 1. The highest BCUT2D eigenvalue weighted by atomic mass is 32.7. The van der Waals surface area contributed by atoms with E-state index in [1.165, 1.54) is 24.1 Å². The van der Waals surface area contributed by atoms with Crippen LogP contribution in [0.2, 0.25) is 0 Å². The maximum Gasteiger partial charge on any atom is 0.392 e. The molecular formula is C13H16N5O7PS. The van der Waals surface area contributed by atoms with E-state index in [2.05, 4.69) is 15.0 Å². The monoisotopic (exact) mass is 417 g/mol. The Bertz CT molecular complexity index is 926. The van der Waals surface area contributed by atoms with Crippen molar-refractivity contribution in [2.75, 3.05) is 18.3 Å². The molecule has 2 aromatic heterocycles. The van der Waals surface area contributed by atoms with Gasteiger partial charge in [-0.2, -0.15) is 0 Å². The highest BCUT2D eigenvalue weighted by Crippen LogP contribution is 2.65. The largest absolute Gasteiger partial charge is 0.454 e. The summed E-state index contributed by atoms with van der Waals surface area (Å²) in [7, 11) is 0. The van der Waals surface area contributed by atoms with Gasteiger partial charge in [0, 0.05) is 18.3 Å². The van der Waals surface area contributed by atoms with Gasteiger partial charge in [0.15, 0.2) is 17.7 Å². The third-order valence-corrected chi connectivity index (χ3v) is 7.44. The molecule has 0 aromatic carbocycles. The van der Waals surface area contributed by atoms with Crippen molar-refractivity contribution in [2.24, 2.45) is 0 Å². The molecule has 5 atom stereocenters. The lowest BCUT2D eigenvalue weighted by atomic mass is 10.1. The van der Waals surface area contributed by atoms with Gasteiger partial charge in [-0.1, -0.05) is 0 Å². The Balaban J connectivity index is 1.52. The topological polar surface area (TPSA) is 161 Å². The molecule has 2 aliphatic heterocycles. The van der Waals surface area contributed by atoms with Crippen LogP contribution in [-0.2, 0) is 27.9 Å². The number of nitrogens with zero attached hydrogens (tertiary/aromatic N) is 4. The summed E-state index contributed by atoms with van der Waals surface area (Å²) in [4.78, 5) is 23.0. The Morgan fingerprint density at radius 1 is 1.52 bits per heavy atom. The molecule has 146 valence electrons. The smallest absolute Gasteiger partial charge is 0.392 e. The Kier molecular flexibility index (Phi) is 4.82. The zero-order valence-electron chi connectivity index (χ0n) is 14.0. The van der Waals surface area contributed by atoms with Gasteiger partial charge >= 0.3 is 12.8 Å². The van der Waals surface area contributed by atoms with Crippen molar-refractivity contribution in [2.45, 2.75) is 31.5 Å². The Morgan fingerprint density at radius 2 is 2.33 bits per heavy atom. The molecule has 0 saturated carbocycles. The second-order valence-corrected chi connectivity index (χ2v) is 9.81. The van der Waals surface area contributed by atoms with Crippen molar-refractivity contribution in [1.82, 2.24) is 19.5 Å². The lowest BCUT2D eigenvalue weighted by Crippen LogP contribution is -2.38. The van der Waals surface area contributed by atoms with Crippen molar-refractivity contribution in [3.05, 3.63) is 12.7 Å². The highest BCUT2D eigenvalue weighted by molar-refractivity contribution is 8.55. The van der Waals surface area contributed by atoms with Gasteiger partial charge in [0.25, 0.3) is 0 Å². The molecule has 3 N–H and O–H groups in total. The first-order valence-corrected chi connectivity index (χ1v) is 11.0. The number of carbonyl (C=O) groups excluding carboxylic acids is 1. The Morgan fingerprint density at radius 3 is 3.11 bits per heavy atom. The van der Waals surface area contributed by atoms with E-state index in [4.69, 9.17) is 24.3 Å². The van der Waals surface area contributed by atoms with Gasteiger partial charge in [-0.05, 0) is 0 Å². The fourth-order valence-electron chi connectivity index (χ4n) is 2.86. The predicted octanol–water partition coefficient (Wildman–Crippen LogP) is 0.444. The number of nitrogen functional groups attached to an aromatic ring is 1. The number of aromatic nitrogens is 4. The van der Waals surface area contributed by atoms with E-state index in [1.807, 2.05) is 0 Å². The van der Waals surface area contributed by atoms with Gasteiger partial charge in [-0.15, -0.1) is 0 Å². The van der Waals surface area contributed by atoms with E-state index in [1.54, 1.807) is 0 Å². The zero-order chi connectivity index (χ0) is 19.2. The summed E-state index contributed by atoms with van der Waals surface area (Å²) >= 11 is 0.727. The van der Waals surface area contributed by atoms with Crippen molar-refractivity contribution in [1.29, 1.82) is 0 Å². The van der Waals surface area contributed by atoms with E-state index in [9.17, 15) is 14.5 Å². The maximum atomic E-state index is 12.7. The lowest BCUT2D eigenvalue weighted by Gasteiger charge is -2.30. The first-order chi connectivity index (χ1) is 12.9. The van der Waals surface area contributed by atoms with E-state index >= 15 is 0 Å². The molecule has 0 spiro atoms. The highest BCUT2D eigenvalue weighted by Gasteiger charge is 2.53. The number of fused-ring (bicyclic) bond motifs is 2. The molecular weight excluding hydrogens is 401 g/mol. The number of hydrogen-bond donors (Lipinski definition) is 2. The SMILES string of the molecule is CC(=O)OCSP1(=O)OCC2OC(n3cnc4c(N)ncnc43)C(O)C2O1. The summed E-state index contributed by atoms with van der Waals surface area (Å²) in [6, 6.07) is 0. The zero-order valence-corrected chi connectivity index (χ0v) is 15.7. The summed E-state index contributed by atoms with van der Waals surface area (Å²) < 4.78 is 35.5. The lowest BCUT2D eigenvalue weighted by molar-refractivity contribution is -0.138. The van der Waals surface area contributed by atoms with E-state index < -0.39 is 37.3 Å². The number of nitrogens with two attached hydrogens (primary N) is 1. The molecule has 2 aromatic rings. The molecule has 0 bridgehead atoms. The quantitative estimate of drug-likeness (QED) is 0.402. The average Bonchev–Trinajstić information content (AvgIpc) is 3.17. The number of esters is 1. The van der Waals surface area contributed by atoms with Crippen LogP contribution < -0.4 is 5.73 Å². The number of imidazole rings is 1. The van der Waals surface area contributed by atoms with Crippen molar-refractivity contribution in [3.8, 4) is 0 Å². The first kappa shape index (κ1) is 18.6. The van der Waals surface area contributed by atoms with Crippen LogP contribution in [0, 0.1) is 0 Å². The van der Waals surface area contributed by atoms with Gasteiger partial charge in [0.2, 0.25) is 0 Å². The van der Waals surface area contributed by atoms with Crippen LogP contribution in [-0.4, -0.2) is 61.5 Å². The van der Waals surface area contributed by atoms with Gasteiger partial charge in [0.1, 0.15) is 36.1 Å². The number of aliphatic hydroxyl groups excluding tert-OH is 1. The normalized spacial score (nSPS) is 33.1. The summed E-state index contributed by atoms with van der Waals surface area (Å²) in [5.74, 6) is -0.497. The Labute approximate surface area is 156 Å². The van der Waals surface area contributed by atoms with Crippen molar-refractivity contribution >= 4 is 41.1 Å². The molecule has 4 rings (SSSR count). The van der Waals surface area contributed by atoms with Crippen LogP contribution in [0.4, 0.5) is 5.82 Å². The van der Waals surface area contributed by atoms with Crippen LogP contribution in [0.1, 0.15) is 13.2 Å². The summed E-state index contributed by atoms with van der Waals surface area (Å²) in [5.41, 5.74) is 6.54. The maximum absolute atomic E-state index is 12.7. The van der Waals surface area contributed by atoms with Crippen LogP contribution >= 0.6 is 18.2 Å². The van der Waals surface area contributed by atoms with Crippen LogP contribution in [0.15, 0.2) is 12.7 Å². The van der Waals surface area contributed by atoms with Crippen LogP contribution in [0.3, 0.4) is 0 Å². The third-order valence-electron chi connectivity index (χ3n) is 4.09. The molecule has 4 heterocycles. The minimum absolute atomic E-state index is 0.0493. The second-order valence-electron chi connectivity index (χ2n) is 5.83. The van der Waals surface area contributed by atoms with Gasteiger partial charge in [0.05, 0.1) is 12.9 Å². The number of rotatable bonds is 4. The molecule has 0 aliphatic carbocycles. The molecule has 2 aliphatic rings. The van der Waals surface area contributed by atoms with Gasteiger partial charge in [-0.25, -0.2) is 19.5 Å². The molecule has 5 unspecified atom stereocenters. The molecule has 2 saturated heterocycles. The molecule has 2 fully saturated rings. The van der Waals surface area contributed by atoms with Gasteiger partial charge < -0.3 is 20.3 Å². The number of ether oxygens (including phenoxy) is 2. The van der Waals surface area contributed by atoms with E-state index in [0.717, 1.165) is 11.4 Å². The third kappa shape index (κ3) is 3.42. The van der Waals surface area contributed by atoms with Crippen molar-refractivity contribution < 1.29 is 33.0 Å². The number of hydrogen-bond acceptors (Lipinski definition) is 12. The molecule has 14 heteroatoms. The summed E-state index contributed by atoms with van der Waals surface area (Å²) in [6.45, 7) is -2.42. The molecule has 0 radical (unpaired) electrons. The first-order valence-electron chi connectivity index (χ1n) is 7.85.